The summed E-state index contributed by atoms with van der Waals surface area (Å²) in [7, 11) is 0. The van der Waals surface area contributed by atoms with Crippen molar-refractivity contribution in [3.8, 4) is 11.5 Å². The van der Waals surface area contributed by atoms with Crippen LogP contribution in [0.25, 0.3) is 0 Å². The van der Waals surface area contributed by atoms with Gasteiger partial charge >= 0.3 is 0 Å². The molecule has 0 saturated carbocycles. The molecule has 1 aliphatic heterocycles. The van der Waals surface area contributed by atoms with Gasteiger partial charge in [0.25, 0.3) is 0 Å². The summed E-state index contributed by atoms with van der Waals surface area (Å²) in [6.45, 7) is 3.80. The number of nitrogens with one attached hydrogen (secondary N) is 1. The highest BCUT2D eigenvalue weighted by Gasteiger charge is 2.16. The number of aliphatic hydroxyl groups is 1. The van der Waals surface area contributed by atoms with Gasteiger partial charge in [-0.15, -0.1) is 0 Å². The fourth-order valence-corrected chi connectivity index (χ4v) is 1.88. The summed E-state index contributed by atoms with van der Waals surface area (Å²) in [6, 6.07) is 5.93. The Balaban J connectivity index is 1.78. The number of hydrogen-bond donors (Lipinski definition) is 2. The van der Waals surface area contributed by atoms with Crippen molar-refractivity contribution in [1.29, 1.82) is 0 Å². The van der Waals surface area contributed by atoms with Gasteiger partial charge in [0, 0.05) is 12.1 Å². The Kier molecular flexibility index (Phi) is 4.23. The molecule has 0 aromatic heterocycles. The van der Waals surface area contributed by atoms with Crippen LogP contribution in [0.15, 0.2) is 18.2 Å². The first-order valence-electron chi connectivity index (χ1n) is 6.03. The van der Waals surface area contributed by atoms with Gasteiger partial charge in [-0.05, 0) is 32.4 Å². The molecule has 0 bridgehead atoms. The van der Waals surface area contributed by atoms with Gasteiger partial charge < -0.3 is 19.9 Å². The van der Waals surface area contributed by atoms with Crippen molar-refractivity contribution in [1.82, 2.24) is 5.32 Å². The fraction of sp³-hybridized carbons (Fsp3) is 0.538. The minimum absolute atomic E-state index is 0.213. The zero-order valence-corrected chi connectivity index (χ0v) is 10.1. The van der Waals surface area contributed by atoms with E-state index in [4.69, 9.17) is 14.6 Å². The number of para-hydroxylation sites is 1. The normalized spacial score (nSPS) is 14.9. The third kappa shape index (κ3) is 3.35. The van der Waals surface area contributed by atoms with Crippen LogP contribution in [0, 0.1) is 0 Å². The van der Waals surface area contributed by atoms with Crippen LogP contribution < -0.4 is 14.8 Å². The molecule has 2 rings (SSSR count). The standard InChI is InChI=1S/C13H19NO3/c1-10(15)4-3-7-14-8-11-5-2-6-12-13(11)17-9-16-12/h2,5-6,10,14-15H,3-4,7-9H2,1H3. The number of aliphatic hydroxyl groups excluding tert-OH is 1. The molecule has 0 spiro atoms. The molecule has 1 aromatic carbocycles. The van der Waals surface area contributed by atoms with E-state index >= 15 is 0 Å². The quantitative estimate of drug-likeness (QED) is 0.739. The number of rotatable bonds is 6. The summed E-state index contributed by atoms with van der Waals surface area (Å²) in [5.74, 6) is 1.68. The molecule has 0 saturated heterocycles. The molecule has 1 atom stereocenters. The van der Waals surface area contributed by atoms with Crippen molar-refractivity contribution in [2.75, 3.05) is 13.3 Å². The Labute approximate surface area is 102 Å². The lowest BCUT2D eigenvalue weighted by Gasteiger charge is -2.08. The van der Waals surface area contributed by atoms with Crippen LogP contribution in [0.1, 0.15) is 25.3 Å². The maximum absolute atomic E-state index is 9.13. The summed E-state index contributed by atoms with van der Waals surface area (Å²) in [5, 5.41) is 12.5. The zero-order chi connectivity index (χ0) is 12.1. The number of ether oxygens (including phenoxy) is 2. The highest BCUT2D eigenvalue weighted by molar-refractivity contribution is 5.48. The van der Waals surface area contributed by atoms with Crippen molar-refractivity contribution < 1.29 is 14.6 Å². The second-order valence-electron chi connectivity index (χ2n) is 4.32. The lowest BCUT2D eigenvalue weighted by molar-refractivity contribution is 0.173. The first kappa shape index (κ1) is 12.2. The molecular weight excluding hydrogens is 218 g/mol. The van der Waals surface area contributed by atoms with Crippen molar-refractivity contribution in [3.05, 3.63) is 23.8 Å². The SMILES string of the molecule is CC(O)CCCNCc1cccc2c1OCO2. The van der Waals surface area contributed by atoms with E-state index < -0.39 is 0 Å². The average Bonchev–Trinajstić information content (AvgIpc) is 2.77. The van der Waals surface area contributed by atoms with Crippen LogP contribution in [0.5, 0.6) is 11.5 Å². The van der Waals surface area contributed by atoms with E-state index in [1.807, 2.05) is 25.1 Å². The van der Waals surface area contributed by atoms with Crippen LogP contribution in [0.4, 0.5) is 0 Å². The Morgan fingerprint density at radius 1 is 1.41 bits per heavy atom. The Morgan fingerprint density at radius 3 is 3.12 bits per heavy atom. The van der Waals surface area contributed by atoms with Gasteiger partial charge in [-0.1, -0.05) is 12.1 Å². The Bertz CT molecular complexity index is 366. The zero-order valence-electron chi connectivity index (χ0n) is 10.1. The molecule has 4 nitrogen and oxygen atoms in total. The highest BCUT2D eigenvalue weighted by atomic mass is 16.7. The van der Waals surface area contributed by atoms with E-state index in [9.17, 15) is 0 Å². The lowest BCUT2D eigenvalue weighted by atomic mass is 10.1. The Hall–Kier alpha value is -1.26. The summed E-state index contributed by atoms with van der Waals surface area (Å²) in [4.78, 5) is 0. The third-order valence-electron chi connectivity index (χ3n) is 2.77. The monoisotopic (exact) mass is 237 g/mol. The number of benzene rings is 1. The van der Waals surface area contributed by atoms with Gasteiger partial charge in [0.15, 0.2) is 11.5 Å². The van der Waals surface area contributed by atoms with E-state index in [2.05, 4.69) is 5.32 Å². The van der Waals surface area contributed by atoms with Crippen LogP contribution >= 0.6 is 0 Å². The minimum Gasteiger partial charge on any atom is -0.454 e. The largest absolute Gasteiger partial charge is 0.454 e. The molecule has 0 amide bonds. The molecule has 0 radical (unpaired) electrons. The summed E-state index contributed by atoms with van der Waals surface area (Å²) in [5.41, 5.74) is 1.12. The molecule has 0 aliphatic carbocycles. The Morgan fingerprint density at radius 2 is 2.29 bits per heavy atom. The molecular formula is C13H19NO3. The van der Waals surface area contributed by atoms with Gasteiger partial charge in [0.05, 0.1) is 6.10 Å². The van der Waals surface area contributed by atoms with Gasteiger partial charge in [-0.3, -0.25) is 0 Å². The van der Waals surface area contributed by atoms with Crippen LogP contribution in [0.2, 0.25) is 0 Å². The maximum atomic E-state index is 9.13. The van der Waals surface area contributed by atoms with Gasteiger partial charge in [-0.2, -0.15) is 0 Å². The molecule has 1 heterocycles. The first-order valence-corrected chi connectivity index (χ1v) is 6.03. The smallest absolute Gasteiger partial charge is 0.231 e. The molecule has 1 aromatic rings. The van der Waals surface area contributed by atoms with Gasteiger partial charge in [0.2, 0.25) is 6.79 Å². The van der Waals surface area contributed by atoms with E-state index in [0.717, 1.165) is 43.0 Å². The summed E-state index contributed by atoms with van der Waals surface area (Å²) in [6.07, 6.45) is 1.60. The van der Waals surface area contributed by atoms with E-state index in [1.165, 1.54) is 0 Å². The third-order valence-corrected chi connectivity index (χ3v) is 2.77. The molecule has 4 heteroatoms. The van der Waals surface area contributed by atoms with E-state index in [0.29, 0.717) is 6.79 Å². The molecule has 1 aliphatic rings. The van der Waals surface area contributed by atoms with Crippen molar-refractivity contribution >= 4 is 0 Å². The number of hydrogen-bond acceptors (Lipinski definition) is 4. The van der Waals surface area contributed by atoms with Crippen LogP contribution in [-0.4, -0.2) is 24.5 Å². The second kappa shape index (κ2) is 5.89. The number of fused-ring (bicyclic) bond motifs is 1. The van der Waals surface area contributed by atoms with Crippen LogP contribution in [0.3, 0.4) is 0 Å². The predicted octanol–water partition coefficient (Wildman–Crippen LogP) is 1.67. The van der Waals surface area contributed by atoms with Crippen molar-refractivity contribution in [2.24, 2.45) is 0 Å². The van der Waals surface area contributed by atoms with Gasteiger partial charge in [-0.25, -0.2) is 0 Å². The average molecular weight is 237 g/mol. The summed E-state index contributed by atoms with van der Waals surface area (Å²) >= 11 is 0. The first-order chi connectivity index (χ1) is 8.27. The molecule has 0 fully saturated rings. The molecule has 1 unspecified atom stereocenters. The lowest BCUT2D eigenvalue weighted by Crippen LogP contribution is -2.16. The second-order valence-corrected chi connectivity index (χ2v) is 4.32. The van der Waals surface area contributed by atoms with Crippen LogP contribution in [-0.2, 0) is 6.54 Å². The molecule has 94 valence electrons. The molecule has 17 heavy (non-hydrogen) atoms. The minimum atomic E-state index is -0.213. The maximum Gasteiger partial charge on any atom is 0.231 e. The van der Waals surface area contributed by atoms with Gasteiger partial charge in [0.1, 0.15) is 0 Å². The highest BCUT2D eigenvalue weighted by Crippen LogP contribution is 2.35. The topological polar surface area (TPSA) is 50.7 Å². The van der Waals surface area contributed by atoms with Crippen molar-refractivity contribution in [3.63, 3.8) is 0 Å². The molecule has 2 N–H and O–H groups in total. The van der Waals surface area contributed by atoms with E-state index in [1.54, 1.807) is 0 Å². The van der Waals surface area contributed by atoms with E-state index in [-0.39, 0.29) is 6.10 Å². The fourth-order valence-electron chi connectivity index (χ4n) is 1.88. The predicted molar refractivity (Wildman–Crippen MR) is 65.2 cm³/mol. The summed E-state index contributed by atoms with van der Waals surface area (Å²) < 4.78 is 10.7. The van der Waals surface area contributed by atoms with Crippen molar-refractivity contribution in [2.45, 2.75) is 32.4 Å².